The lowest BCUT2D eigenvalue weighted by molar-refractivity contribution is 0.402. The van der Waals surface area contributed by atoms with Gasteiger partial charge in [0.15, 0.2) is 0 Å². The van der Waals surface area contributed by atoms with Gasteiger partial charge in [0.05, 0.1) is 5.56 Å². The molecule has 84 valence electrons. The monoisotopic (exact) mass is 210 g/mol. The number of rotatable bonds is 4. The second-order valence-electron chi connectivity index (χ2n) is 3.58. The first-order valence-corrected chi connectivity index (χ1v) is 5.52. The number of aromatic hydroxyl groups is 1. The summed E-state index contributed by atoms with van der Waals surface area (Å²) in [5, 5.41) is 9.92. The third kappa shape index (κ3) is 2.22. The van der Waals surface area contributed by atoms with E-state index in [2.05, 4.69) is 0 Å². The zero-order valence-corrected chi connectivity index (χ0v) is 9.59. The SMILES string of the molecule is CCCc1oc(=O)c(CC)c(O)c1CC. The Morgan fingerprint density at radius 1 is 1.13 bits per heavy atom. The van der Waals surface area contributed by atoms with Crippen LogP contribution < -0.4 is 5.63 Å². The van der Waals surface area contributed by atoms with Crippen LogP contribution in [0, 0.1) is 0 Å². The van der Waals surface area contributed by atoms with E-state index in [1.165, 1.54) is 0 Å². The highest BCUT2D eigenvalue weighted by molar-refractivity contribution is 5.40. The van der Waals surface area contributed by atoms with E-state index in [9.17, 15) is 9.90 Å². The Hall–Kier alpha value is -1.25. The van der Waals surface area contributed by atoms with Crippen LogP contribution in [0.1, 0.15) is 44.1 Å². The first kappa shape index (κ1) is 11.8. The molecule has 0 aliphatic heterocycles. The molecule has 0 unspecified atom stereocenters. The molecule has 0 radical (unpaired) electrons. The fraction of sp³-hybridized carbons (Fsp3) is 0.583. The molecule has 1 N–H and O–H groups in total. The van der Waals surface area contributed by atoms with Gasteiger partial charge >= 0.3 is 5.63 Å². The Morgan fingerprint density at radius 3 is 2.20 bits per heavy atom. The van der Waals surface area contributed by atoms with Crippen LogP contribution in [0.4, 0.5) is 0 Å². The average molecular weight is 210 g/mol. The molecule has 15 heavy (non-hydrogen) atoms. The van der Waals surface area contributed by atoms with Crippen LogP contribution in [0.15, 0.2) is 9.21 Å². The van der Waals surface area contributed by atoms with Crippen LogP contribution in [0.5, 0.6) is 5.75 Å². The van der Waals surface area contributed by atoms with Gasteiger partial charge < -0.3 is 9.52 Å². The van der Waals surface area contributed by atoms with Crippen molar-refractivity contribution in [1.82, 2.24) is 0 Å². The first-order chi connectivity index (χ1) is 7.15. The Balaban J connectivity index is 3.37. The van der Waals surface area contributed by atoms with Gasteiger partial charge in [0.1, 0.15) is 11.5 Å². The highest BCUT2D eigenvalue weighted by atomic mass is 16.4. The minimum Gasteiger partial charge on any atom is -0.507 e. The van der Waals surface area contributed by atoms with Gasteiger partial charge in [0.25, 0.3) is 0 Å². The van der Waals surface area contributed by atoms with Crippen molar-refractivity contribution in [3.05, 3.63) is 27.3 Å². The highest BCUT2D eigenvalue weighted by Crippen LogP contribution is 2.25. The van der Waals surface area contributed by atoms with Crippen molar-refractivity contribution in [2.45, 2.75) is 46.5 Å². The van der Waals surface area contributed by atoms with Crippen molar-refractivity contribution < 1.29 is 9.52 Å². The van der Waals surface area contributed by atoms with E-state index in [1.54, 1.807) is 0 Å². The molecule has 3 nitrogen and oxygen atoms in total. The molecule has 0 aliphatic carbocycles. The summed E-state index contributed by atoms with van der Waals surface area (Å²) in [6.45, 7) is 5.81. The summed E-state index contributed by atoms with van der Waals surface area (Å²) in [5.41, 5.74) is 0.788. The van der Waals surface area contributed by atoms with Crippen LogP contribution in [0.3, 0.4) is 0 Å². The lowest BCUT2D eigenvalue weighted by Gasteiger charge is -2.10. The van der Waals surface area contributed by atoms with Crippen LogP contribution in [-0.4, -0.2) is 5.11 Å². The van der Waals surface area contributed by atoms with Crippen molar-refractivity contribution in [3.8, 4) is 5.75 Å². The van der Waals surface area contributed by atoms with E-state index in [1.807, 2.05) is 20.8 Å². The smallest absolute Gasteiger partial charge is 0.342 e. The van der Waals surface area contributed by atoms with Crippen molar-refractivity contribution in [3.63, 3.8) is 0 Å². The molecule has 0 aliphatic rings. The van der Waals surface area contributed by atoms with Gasteiger partial charge in [-0.25, -0.2) is 4.79 Å². The largest absolute Gasteiger partial charge is 0.507 e. The molecule has 0 aromatic carbocycles. The maximum atomic E-state index is 11.5. The summed E-state index contributed by atoms with van der Waals surface area (Å²) in [5.74, 6) is 0.777. The third-order valence-corrected chi connectivity index (χ3v) is 2.55. The van der Waals surface area contributed by atoms with Crippen LogP contribution in [0.25, 0.3) is 0 Å². The predicted octanol–water partition coefficient (Wildman–Crippen LogP) is 2.42. The lowest BCUT2D eigenvalue weighted by Crippen LogP contribution is -2.11. The minimum atomic E-state index is -0.393. The minimum absolute atomic E-state index is 0.139. The quantitative estimate of drug-likeness (QED) is 0.830. The Kier molecular flexibility index (Phi) is 3.95. The van der Waals surface area contributed by atoms with Gasteiger partial charge in [-0.05, 0) is 19.3 Å². The summed E-state index contributed by atoms with van der Waals surface area (Å²) in [4.78, 5) is 11.5. The summed E-state index contributed by atoms with van der Waals surface area (Å²) in [6.07, 6.45) is 2.81. The fourth-order valence-corrected chi connectivity index (χ4v) is 1.75. The summed E-state index contributed by atoms with van der Waals surface area (Å²) in [7, 11) is 0. The highest BCUT2D eigenvalue weighted by Gasteiger charge is 2.15. The Bertz CT molecular complexity index is 391. The van der Waals surface area contributed by atoms with Crippen molar-refractivity contribution in [2.24, 2.45) is 0 Å². The molecule has 1 rings (SSSR count). The van der Waals surface area contributed by atoms with Crippen molar-refractivity contribution in [1.29, 1.82) is 0 Å². The molecule has 1 aromatic rings. The molecule has 0 saturated carbocycles. The average Bonchev–Trinajstić information content (AvgIpc) is 2.19. The maximum Gasteiger partial charge on any atom is 0.342 e. The first-order valence-electron chi connectivity index (χ1n) is 5.52. The van der Waals surface area contributed by atoms with Gasteiger partial charge in [0, 0.05) is 12.0 Å². The predicted molar refractivity (Wildman–Crippen MR) is 59.4 cm³/mol. The summed E-state index contributed by atoms with van der Waals surface area (Å²) < 4.78 is 5.23. The number of hydrogen-bond donors (Lipinski definition) is 1. The van der Waals surface area contributed by atoms with E-state index in [0.29, 0.717) is 30.6 Å². The number of aryl methyl sites for hydroxylation is 1. The van der Waals surface area contributed by atoms with Gasteiger partial charge in [-0.15, -0.1) is 0 Å². The Morgan fingerprint density at radius 2 is 1.73 bits per heavy atom. The lowest BCUT2D eigenvalue weighted by atomic mass is 10.0. The molecule has 0 amide bonds. The summed E-state index contributed by atoms with van der Waals surface area (Å²) in [6, 6.07) is 0. The van der Waals surface area contributed by atoms with E-state index in [-0.39, 0.29) is 5.75 Å². The molecule has 0 spiro atoms. The fourth-order valence-electron chi connectivity index (χ4n) is 1.75. The maximum absolute atomic E-state index is 11.5. The molecule has 1 heterocycles. The second kappa shape index (κ2) is 5.01. The molecular weight excluding hydrogens is 192 g/mol. The molecule has 0 fully saturated rings. The van der Waals surface area contributed by atoms with Crippen molar-refractivity contribution in [2.75, 3.05) is 0 Å². The molecule has 1 aromatic heterocycles. The van der Waals surface area contributed by atoms with E-state index in [4.69, 9.17) is 4.42 Å². The van der Waals surface area contributed by atoms with Gasteiger partial charge in [0.2, 0.25) is 0 Å². The van der Waals surface area contributed by atoms with E-state index in [0.717, 1.165) is 12.0 Å². The zero-order chi connectivity index (χ0) is 11.4. The normalized spacial score (nSPS) is 10.6. The van der Waals surface area contributed by atoms with Gasteiger partial charge in [-0.2, -0.15) is 0 Å². The van der Waals surface area contributed by atoms with E-state index < -0.39 is 5.63 Å². The third-order valence-electron chi connectivity index (χ3n) is 2.55. The van der Waals surface area contributed by atoms with Gasteiger partial charge in [-0.1, -0.05) is 20.8 Å². The number of hydrogen-bond acceptors (Lipinski definition) is 3. The van der Waals surface area contributed by atoms with Crippen LogP contribution >= 0.6 is 0 Å². The molecule has 3 heteroatoms. The second-order valence-corrected chi connectivity index (χ2v) is 3.58. The molecular formula is C12H18O3. The van der Waals surface area contributed by atoms with Crippen LogP contribution in [-0.2, 0) is 19.3 Å². The zero-order valence-electron chi connectivity index (χ0n) is 9.59. The molecule has 0 bridgehead atoms. The Labute approximate surface area is 89.7 Å². The summed E-state index contributed by atoms with van der Waals surface area (Å²) >= 11 is 0. The van der Waals surface area contributed by atoms with Crippen molar-refractivity contribution >= 4 is 0 Å². The van der Waals surface area contributed by atoms with Crippen LogP contribution in [0.2, 0.25) is 0 Å². The standard InChI is InChI=1S/C12H18O3/c1-4-7-10-8(5-2)11(13)9(6-3)12(14)15-10/h13H,4-7H2,1-3H3. The molecule has 0 atom stereocenters. The topological polar surface area (TPSA) is 50.4 Å². The van der Waals surface area contributed by atoms with Gasteiger partial charge in [-0.3, -0.25) is 0 Å². The van der Waals surface area contributed by atoms with E-state index >= 15 is 0 Å². The molecule has 0 saturated heterocycles.